The van der Waals surface area contributed by atoms with Crippen molar-refractivity contribution in [1.82, 2.24) is 10.6 Å². The number of anilines is 1. The topological polar surface area (TPSA) is 135 Å². The van der Waals surface area contributed by atoms with Crippen molar-refractivity contribution in [2.75, 3.05) is 4.72 Å². The van der Waals surface area contributed by atoms with E-state index in [4.69, 9.17) is 4.42 Å². The van der Waals surface area contributed by atoms with Crippen LogP contribution in [0.4, 0.5) is 5.69 Å². The van der Waals surface area contributed by atoms with Crippen molar-refractivity contribution >= 4 is 33.4 Å². The van der Waals surface area contributed by atoms with E-state index in [-0.39, 0.29) is 33.8 Å². The van der Waals surface area contributed by atoms with Gasteiger partial charge < -0.3 is 9.73 Å². The summed E-state index contributed by atoms with van der Waals surface area (Å²) in [6, 6.07) is 13.1. The lowest BCUT2D eigenvalue weighted by Gasteiger charge is -2.13. The number of carbonyl (C=O) groups is 3. The molecule has 0 saturated heterocycles. The zero-order chi connectivity index (χ0) is 21.3. The minimum absolute atomic E-state index is 0.0210. The normalized spacial score (nSPS) is 12.9. The molecule has 1 aliphatic rings. The maximum Gasteiger partial charge on any atom is 0.261 e. The van der Waals surface area contributed by atoms with E-state index in [9.17, 15) is 22.8 Å². The number of benzene rings is 2. The van der Waals surface area contributed by atoms with Gasteiger partial charge in [-0.05, 0) is 42.5 Å². The molecule has 3 aromatic rings. The van der Waals surface area contributed by atoms with E-state index in [0.29, 0.717) is 5.76 Å². The highest BCUT2D eigenvalue weighted by molar-refractivity contribution is 7.92. The number of fused-ring (bicyclic) bond motifs is 1. The van der Waals surface area contributed by atoms with Gasteiger partial charge in [-0.25, -0.2) is 8.42 Å². The molecule has 2 heterocycles. The Morgan fingerprint density at radius 2 is 1.73 bits per heavy atom. The lowest BCUT2D eigenvalue weighted by molar-refractivity contribution is 0.0877. The molecule has 0 bridgehead atoms. The molecule has 2 aromatic carbocycles. The molecule has 152 valence electrons. The van der Waals surface area contributed by atoms with Gasteiger partial charge in [-0.2, -0.15) is 0 Å². The zero-order valence-corrected chi connectivity index (χ0v) is 16.2. The number of nitrogens with one attached hydrogen (secondary N) is 3. The summed E-state index contributed by atoms with van der Waals surface area (Å²) in [4.78, 5) is 35.8. The van der Waals surface area contributed by atoms with Crippen LogP contribution in [0.3, 0.4) is 0 Å². The molecular formula is C20H15N3O6S. The van der Waals surface area contributed by atoms with E-state index >= 15 is 0 Å². The number of hydrogen-bond donors (Lipinski definition) is 3. The van der Waals surface area contributed by atoms with Gasteiger partial charge in [0.1, 0.15) is 5.76 Å². The molecule has 1 aliphatic heterocycles. The van der Waals surface area contributed by atoms with E-state index < -0.39 is 27.7 Å². The summed E-state index contributed by atoms with van der Waals surface area (Å²) in [5.41, 5.74) is 0.265. The van der Waals surface area contributed by atoms with Crippen molar-refractivity contribution in [3.63, 3.8) is 0 Å². The number of rotatable bonds is 6. The lowest BCUT2D eigenvalue weighted by Crippen LogP contribution is -2.24. The molecule has 4 rings (SSSR count). The highest BCUT2D eigenvalue weighted by Crippen LogP contribution is 2.24. The summed E-state index contributed by atoms with van der Waals surface area (Å²) >= 11 is 0. The Hall–Kier alpha value is -3.92. The van der Waals surface area contributed by atoms with Crippen molar-refractivity contribution in [3.05, 3.63) is 83.3 Å². The Morgan fingerprint density at radius 1 is 0.967 bits per heavy atom. The molecule has 1 aromatic heterocycles. The summed E-state index contributed by atoms with van der Waals surface area (Å²) in [6.45, 7) is 0.140. The Morgan fingerprint density at radius 3 is 2.50 bits per heavy atom. The quantitative estimate of drug-likeness (QED) is 0.516. The van der Waals surface area contributed by atoms with Crippen LogP contribution in [0.2, 0.25) is 0 Å². The maximum atomic E-state index is 12.8. The van der Waals surface area contributed by atoms with Gasteiger partial charge in [-0.1, -0.05) is 12.1 Å². The van der Waals surface area contributed by atoms with Crippen LogP contribution in [0.1, 0.15) is 36.8 Å². The largest absolute Gasteiger partial charge is 0.467 e. The van der Waals surface area contributed by atoms with Crippen LogP contribution in [-0.2, 0) is 16.6 Å². The van der Waals surface area contributed by atoms with Gasteiger partial charge in [0.25, 0.3) is 27.7 Å². The van der Waals surface area contributed by atoms with Gasteiger partial charge in [-0.3, -0.25) is 24.4 Å². The van der Waals surface area contributed by atoms with Crippen molar-refractivity contribution in [2.24, 2.45) is 0 Å². The Bertz CT molecular complexity index is 1270. The molecular weight excluding hydrogens is 410 g/mol. The second-order valence-corrected chi connectivity index (χ2v) is 8.09. The summed E-state index contributed by atoms with van der Waals surface area (Å²) in [5.74, 6) is -1.19. The van der Waals surface area contributed by atoms with Gasteiger partial charge in [-0.15, -0.1) is 0 Å². The Kier molecular flexibility index (Phi) is 4.84. The fourth-order valence-electron chi connectivity index (χ4n) is 2.96. The molecule has 30 heavy (non-hydrogen) atoms. The summed E-state index contributed by atoms with van der Waals surface area (Å²) in [5, 5.41) is 4.76. The molecule has 0 spiro atoms. The molecule has 0 fully saturated rings. The standard InChI is InChI=1S/C20H15N3O6S/c24-18(21-11-12-4-3-9-29-12)15-5-1-2-6-17(15)23-30(27,28)13-7-8-14-16(10-13)20(26)22-19(14)25/h1-10,23H,11H2,(H,21,24)(H,22,25,26). The fourth-order valence-corrected chi connectivity index (χ4v) is 4.07. The molecule has 3 N–H and O–H groups in total. The second-order valence-electron chi connectivity index (χ2n) is 6.40. The van der Waals surface area contributed by atoms with E-state index in [1.54, 1.807) is 24.3 Å². The van der Waals surface area contributed by atoms with Crippen LogP contribution in [0.15, 0.2) is 70.2 Å². The molecule has 9 nitrogen and oxygen atoms in total. The van der Waals surface area contributed by atoms with Gasteiger partial charge in [0, 0.05) is 0 Å². The van der Waals surface area contributed by atoms with Crippen LogP contribution in [0.25, 0.3) is 0 Å². The molecule has 10 heteroatoms. The molecule has 0 atom stereocenters. The molecule has 0 unspecified atom stereocenters. The van der Waals surface area contributed by atoms with Crippen molar-refractivity contribution in [2.45, 2.75) is 11.4 Å². The summed E-state index contributed by atoms with van der Waals surface area (Å²) < 4.78 is 33.2. The number of imide groups is 1. The number of para-hydroxylation sites is 1. The fraction of sp³-hybridized carbons (Fsp3) is 0.0500. The first-order chi connectivity index (χ1) is 14.3. The van der Waals surface area contributed by atoms with Gasteiger partial charge in [0.05, 0.1) is 40.1 Å². The Balaban J connectivity index is 1.58. The SMILES string of the molecule is O=C(NCc1ccco1)c1ccccc1NS(=O)(=O)c1ccc2c(c1)C(=O)NC2=O. The number of amides is 3. The molecule has 3 amide bonds. The molecule has 0 radical (unpaired) electrons. The van der Waals surface area contributed by atoms with Gasteiger partial charge in [0.15, 0.2) is 0 Å². The third-order valence-corrected chi connectivity index (χ3v) is 5.80. The third kappa shape index (κ3) is 3.67. The van der Waals surface area contributed by atoms with Gasteiger partial charge in [0.2, 0.25) is 0 Å². The monoisotopic (exact) mass is 425 g/mol. The highest BCUT2D eigenvalue weighted by Gasteiger charge is 2.29. The Labute approximate surface area is 171 Å². The van der Waals surface area contributed by atoms with E-state index in [1.165, 1.54) is 30.5 Å². The smallest absolute Gasteiger partial charge is 0.261 e. The van der Waals surface area contributed by atoms with Crippen molar-refractivity contribution in [1.29, 1.82) is 0 Å². The van der Waals surface area contributed by atoms with E-state index in [1.807, 2.05) is 0 Å². The average Bonchev–Trinajstić information content (AvgIpc) is 3.34. The minimum atomic E-state index is -4.13. The van der Waals surface area contributed by atoms with E-state index in [0.717, 1.165) is 6.07 Å². The summed E-state index contributed by atoms with van der Waals surface area (Å²) in [7, 11) is -4.13. The maximum absolute atomic E-state index is 12.8. The first-order valence-corrected chi connectivity index (χ1v) is 10.3. The number of carbonyl (C=O) groups excluding carboxylic acids is 3. The van der Waals surface area contributed by atoms with Crippen LogP contribution < -0.4 is 15.4 Å². The summed E-state index contributed by atoms with van der Waals surface area (Å²) in [6.07, 6.45) is 1.48. The first-order valence-electron chi connectivity index (χ1n) is 8.77. The zero-order valence-electron chi connectivity index (χ0n) is 15.3. The minimum Gasteiger partial charge on any atom is -0.467 e. The van der Waals surface area contributed by atoms with Crippen molar-refractivity contribution in [3.8, 4) is 0 Å². The van der Waals surface area contributed by atoms with Crippen LogP contribution in [0, 0.1) is 0 Å². The predicted octanol–water partition coefficient (Wildman–Crippen LogP) is 1.89. The van der Waals surface area contributed by atoms with E-state index in [2.05, 4.69) is 15.4 Å². The van der Waals surface area contributed by atoms with Gasteiger partial charge >= 0.3 is 0 Å². The first kappa shape index (κ1) is 19.4. The second kappa shape index (κ2) is 7.48. The lowest BCUT2D eigenvalue weighted by atomic mass is 10.1. The van der Waals surface area contributed by atoms with Crippen LogP contribution >= 0.6 is 0 Å². The van der Waals surface area contributed by atoms with Crippen molar-refractivity contribution < 1.29 is 27.2 Å². The highest BCUT2D eigenvalue weighted by atomic mass is 32.2. The molecule has 0 aliphatic carbocycles. The predicted molar refractivity (Wildman–Crippen MR) is 105 cm³/mol. The van der Waals surface area contributed by atoms with Crippen LogP contribution in [0.5, 0.6) is 0 Å². The molecule has 0 saturated carbocycles. The number of hydrogen-bond acceptors (Lipinski definition) is 6. The number of furan rings is 1. The third-order valence-electron chi connectivity index (χ3n) is 4.44. The average molecular weight is 425 g/mol. The van der Waals surface area contributed by atoms with Crippen LogP contribution in [-0.4, -0.2) is 26.1 Å². The number of sulfonamides is 1.